The maximum atomic E-state index is 11.8. The Morgan fingerprint density at radius 1 is 1.39 bits per heavy atom. The first-order chi connectivity index (χ1) is 8.32. The van der Waals surface area contributed by atoms with Gasteiger partial charge in [0.2, 0.25) is 5.91 Å². The zero-order chi connectivity index (χ0) is 13.9. The van der Waals surface area contributed by atoms with Gasteiger partial charge in [0, 0.05) is 13.6 Å². The third-order valence-corrected chi connectivity index (χ3v) is 3.47. The summed E-state index contributed by atoms with van der Waals surface area (Å²) in [5.41, 5.74) is -1.04. The first kappa shape index (κ1) is 14.4. The highest BCUT2D eigenvalue weighted by atomic mass is 16.4. The van der Waals surface area contributed by atoms with Crippen molar-refractivity contribution in [3.8, 4) is 0 Å². The summed E-state index contributed by atoms with van der Waals surface area (Å²) >= 11 is 0. The summed E-state index contributed by atoms with van der Waals surface area (Å²) in [6, 6.07) is -1.26. The first-order valence-electron chi connectivity index (χ1n) is 5.85. The summed E-state index contributed by atoms with van der Waals surface area (Å²) in [6.07, 6.45) is 1.22. The Kier molecular flexibility index (Phi) is 4.28. The Morgan fingerprint density at radius 3 is 2.50 bits per heavy atom. The van der Waals surface area contributed by atoms with E-state index in [-0.39, 0.29) is 0 Å². The molecule has 0 saturated carbocycles. The lowest BCUT2D eigenvalue weighted by Crippen LogP contribution is -2.57. The van der Waals surface area contributed by atoms with Gasteiger partial charge in [-0.05, 0) is 26.7 Å². The van der Waals surface area contributed by atoms with Crippen LogP contribution in [0.4, 0.5) is 4.79 Å². The van der Waals surface area contributed by atoms with E-state index in [0.29, 0.717) is 13.0 Å². The van der Waals surface area contributed by atoms with Crippen molar-refractivity contribution in [1.82, 2.24) is 15.5 Å². The maximum Gasteiger partial charge on any atom is 0.323 e. The molecule has 7 heteroatoms. The minimum atomic E-state index is -1.04. The van der Waals surface area contributed by atoms with Crippen molar-refractivity contribution in [3.05, 3.63) is 0 Å². The second-order valence-corrected chi connectivity index (χ2v) is 4.62. The molecule has 2 atom stereocenters. The van der Waals surface area contributed by atoms with Crippen molar-refractivity contribution in [2.45, 2.75) is 38.3 Å². The van der Waals surface area contributed by atoms with Gasteiger partial charge in [0.15, 0.2) is 0 Å². The molecule has 1 rings (SSSR count). The highest BCUT2D eigenvalue weighted by molar-refractivity contribution is 5.97. The highest BCUT2D eigenvalue weighted by Crippen LogP contribution is 2.31. The summed E-state index contributed by atoms with van der Waals surface area (Å²) in [5, 5.41) is 13.7. The molecule has 7 nitrogen and oxygen atoms in total. The lowest BCUT2D eigenvalue weighted by molar-refractivity contribution is -0.151. The van der Waals surface area contributed by atoms with Crippen LogP contribution in [0.2, 0.25) is 0 Å². The van der Waals surface area contributed by atoms with E-state index in [9.17, 15) is 19.5 Å². The van der Waals surface area contributed by atoms with Crippen molar-refractivity contribution in [2.75, 3.05) is 13.6 Å². The van der Waals surface area contributed by atoms with Crippen LogP contribution in [0.15, 0.2) is 0 Å². The fraction of sp³-hybridized carbons (Fsp3) is 0.727. The number of rotatable bonds is 3. The number of urea groups is 1. The molecule has 0 spiro atoms. The summed E-state index contributed by atoms with van der Waals surface area (Å²) in [7, 11) is 1.41. The SMILES string of the molecule is CNC(=O)NC(=O)C(C)N1CCCC1(C)C(=O)O. The molecule has 102 valence electrons. The van der Waals surface area contributed by atoms with Crippen LogP contribution >= 0.6 is 0 Å². The minimum Gasteiger partial charge on any atom is -0.480 e. The number of nitrogens with one attached hydrogen (secondary N) is 2. The number of hydrogen-bond acceptors (Lipinski definition) is 4. The second-order valence-electron chi connectivity index (χ2n) is 4.62. The predicted octanol–water partition coefficient (Wildman–Crippen LogP) is -0.230. The van der Waals surface area contributed by atoms with Gasteiger partial charge >= 0.3 is 12.0 Å². The average Bonchev–Trinajstić information content (AvgIpc) is 2.71. The second kappa shape index (κ2) is 5.34. The molecule has 18 heavy (non-hydrogen) atoms. The van der Waals surface area contributed by atoms with Crippen LogP contribution in [-0.2, 0) is 9.59 Å². The number of nitrogens with zero attached hydrogens (tertiary/aromatic N) is 1. The minimum absolute atomic E-state index is 0.497. The van der Waals surface area contributed by atoms with Crippen LogP contribution in [0, 0.1) is 0 Å². The lowest BCUT2D eigenvalue weighted by Gasteiger charge is -2.34. The Morgan fingerprint density at radius 2 is 2.00 bits per heavy atom. The van der Waals surface area contributed by atoms with E-state index in [1.165, 1.54) is 7.05 Å². The molecule has 1 saturated heterocycles. The van der Waals surface area contributed by atoms with Gasteiger partial charge < -0.3 is 10.4 Å². The number of aliphatic carboxylic acids is 1. The van der Waals surface area contributed by atoms with Crippen LogP contribution in [0.25, 0.3) is 0 Å². The zero-order valence-corrected chi connectivity index (χ0v) is 10.8. The Hall–Kier alpha value is -1.63. The zero-order valence-electron chi connectivity index (χ0n) is 10.8. The van der Waals surface area contributed by atoms with Gasteiger partial charge in [-0.2, -0.15) is 0 Å². The van der Waals surface area contributed by atoms with Gasteiger partial charge in [0.05, 0.1) is 6.04 Å². The molecule has 1 aliphatic heterocycles. The molecular weight excluding hydrogens is 238 g/mol. The molecule has 0 bridgehead atoms. The standard InChI is InChI=1S/C11H19N3O4/c1-7(8(15)13-10(18)12-3)14-6-4-5-11(14,2)9(16)17/h7H,4-6H2,1-3H3,(H,16,17)(H2,12,13,15,18). The monoisotopic (exact) mass is 257 g/mol. The number of carbonyl (C=O) groups is 3. The number of imide groups is 1. The fourth-order valence-electron chi connectivity index (χ4n) is 2.26. The number of carbonyl (C=O) groups excluding carboxylic acids is 2. The van der Waals surface area contributed by atoms with Crippen LogP contribution in [-0.4, -0.2) is 53.1 Å². The number of carboxylic acid groups (broad SMARTS) is 1. The quantitative estimate of drug-likeness (QED) is 0.648. The van der Waals surface area contributed by atoms with Crippen molar-refractivity contribution in [1.29, 1.82) is 0 Å². The van der Waals surface area contributed by atoms with Crippen molar-refractivity contribution >= 4 is 17.9 Å². The van der Waals surface area contributed by atoms with E-state index < -0.39 is 29.5 Å². The maximum absolute atomic E-state index is 11.8. The van der Waals surface area contributed by atoms with Crippen LogP contribution in [0.5, 0.6) is 0 Å². The van der Waals surface area contributed by atoms with E-state index in [4.69, 9.17) is 0 Å². The highest BCUT2D eigenvalue weighted by Gasteiger charge is 2.47. The Balaban J connectivity index is 2.77. The van der Waals surface area contributed by atoms with Crippen molar-refractivity contribution < 1.29 is 19.5 Å². The van der Waals surface area contributed by atoms with Crippen LogP contribution in [0.3, 0.4) is 0 Å². The van der Waals surface area contributed by atoms with Gasteiger partial charge in [-0.25, -0.2) is 4.79 Å². The van der Waals surface area contributed by atoms with Gasteiger partial charge in [0.25, 0.3) is 0 Å². The lowest BCUT2D eigenvalue weighted by atomic mass is 9.98. The molecule has 0 aliphatic carbocycles. The number of hydrogen-bond donors (Lipinski definition) is 3. The van der Waals surface area contributed by atoms with E-state index in [1.807, 2.05) is 0 Å². The molecule has 2 unspecified atom stereocenters. The molecule has 0 aromatic carbocycles. The molecular formula is C11H19N3O4. The van der Waals surface area contributed by atoms with E-state index in [1.54, 1.807) is 18.7 Å². The normalized spacial score (nSPS) is 25.5. The molecule has 1 fully saturated rings. The summed E-state index contributed by atoms with van der Waals surface area (Å²) < 4.78 is 0. The van der Waals surface area contributed by atoms with Crippen LogP contribution < -0.4 is 10.6 Å². The number of likely N-dealkylation sites (tertiary alicyclic amines) is 1. The summed E-state index contributed by atoms with van der Waals surface area (Å²) in [6.45, 7) is 3.74. The van der Waals surface area contributed by atoms with Crippen molar-refractivity contribution in [3.63, 3.8) is 0 Å². The van der Waals surface area contributed by atoms with E-state index >= 15 is 0 Å². The molecule has 3 N–H and O–H groups in total. The average molecular weight is 257 g/mol. The molecule has 0 radical (unpaired) electrons. The fourth-order valence-corrected chi connectivity index (χ4v) is 2.26. The molecule has 3 amide bonds. The third-order valence-electron chi connectivity index (χ3n) is 3.47. The number of carboxylic acids is 1. The van der Waals surface area contributed by atoms with Gasteiger partial charge in [-0.1, -0.05) is 0 Å². The summed E-state index contributed by atoms with van der Waals surface area (Å²) in [5.74, 6) is -1.44. The summed E-state index contributed by atoms with van der Waals surface area (Å²) in [4.78, 5) is 35.8. The van der Waals surface area contributed by atoms with E-state index in [0.717, 1.165) is 6.42 Å². The first-order valence-corrected chi connectivity index (χ1v) is 5.85. The molecule has 1 aliphatic rings. The Bertz CT molecular complexity index is 371. The van der Waals surface area contributed by atoms with Crippen LogP contribution in [0.1, 0.15) is 26.7 Å². The molecule has 1 heterocycles. The molecule has 0 aromatic heterocycles. The largest absolute Gasteiger partial charge is 0.480 e. The van der Waals surface area contributed by atoms with Gasteiger partial charge in [-0.3, -0.25) is 19.8 Å². The van der Waals surface area contributed by atoms with Gasteiger partial charge in [-0.15, -0.1) is 0 Å². The van der Waals surface area contributed by atoms with Crippen molar-refractivity contribution in [2.24, 2.45) is 0 Å². The predicted molar refractivity (Wildman–Crippen MR) is 64.0 cm³/mol. The third kappa shape index (κ3) is 2.61. The smallest absolute Gasteiger partial charge is 0.323 e. The Labute approximate surface area is 106 Å². The van der Waals surface area contributed by atoms with E-state index in [2.05, 4.69) is 10.6 Å². The molecule has 0 aromatic rings. The van der Waals surface area contributed by atoms with Gasteiger partial charge in [0.1, 0.15) is 5.54 Å². The number of amides is 3. The topological polar surface area (TPSA) is 98.7 Å².